The van der Waals surface area contributed by atoms with E-state index in [1.807, 2.05) is 68.6 Å². The maximum atomic E-state index is 12.5. The van der Waals surface area contributed by atoms with Gasteiger partial charge in [0.1, 0.15) is 12.6 Å². The van der Waals surface area contributed by atoms with Crippen molar-refractivity contribution in [2.45, 2.75) is 45.8 Å². The van der Waals surface area contributed by atoms with Crippen LogP contribution in [0, 0.1) is 0 Å². The first-order valence-corrected chi connectivity index (χ1v) is 11.6. The first-order chi connectivity index (χ1) is 16.6. The Morgan fingerprint density at radius 2 is 1.79 bits per heavy atom. The highest BCUT2D eigenvalue weighted by Gasteiger charge is 2.20. The maximum absolute atomic E-state index is 12.5. The van der Waals surface area contributed by atoms with Gasteiger partial charge in [-0.3, -0.25) is 9.59 Å². The summed E-state index contributed by atoms with van der Waals surface area (Å²) in [6, 6.07) is 16.9. The van der Waals surface area contributed by atoms with Crippen LogP contribution in [0.4, 0.5) is 4.79 Å². The minimum absolute atomic E-state index is 0.174. The van der Waals surface area contributed by atoms with Gasteiger partial charge < -0.3 is 25.7 Å². The number of aromatic nitrogens is 1. The fourth-order valence-corrected chi connectivity index (χ4v) is 3.33. The van der Waals surface area contributed by atoms with Crippen LogP contribution in [-0.2, 0) is 27.4 Å². The predicted octanol–water partition coefficient (Wildman–Crippen LogP) is 3.67. The number of carbonyl (C=O) groups excluding carboxylic acids is 3. The molecular weight excluding hydrogens is 432 g/mol. The highest BCUT2D eigenvalue weighted by atomic mass is 16.5. The van der Waals surface area contributed by atoms with Crippen LogP contribution in [0.5, 0.6) is 0 Å². The molecule has 4 N–H and O–H groups in total. The number of ether oxygens (including phenoxy) is 1. The summed E-state index contributed by atoms with van der Waals surface area (Å²) in [5, 5.41) is 9.20. The second-order valence-corrected chi connectivity index (χ2v) is 7.62. The van der Waals surface area contributed by atoms with Crippen LogP contribution in [0.15, 0.2) is 60.8 Å². The van der Waals surface area contributed by atoms with Crippen molar-refractivity contribution < 1.29 is 19.1 Å². The number of rotatable bonds is 11. The van der Waals surface area contributed by atoms with Crippen LogP contribution in [-0.4, -0.2) is 42.5 Å². The largest absolute Gasteiger partial charge is 0.445 e. The number of para-hydroxylation sites is 1. The van der Waals surface area contributed by atoms with E-state index in [0.29, 0.717) is 25.8 Å². The van der Waals surface area contributed by atoms with Gasteiger partial charge in [0.15, 0.2) is 0 Å². The highest BCUT2D eigenvalue weighted by molar-refractivity contribution is 5.86. The molecule has 0 aliphatic carbocycles. The van der Waals surface area contributed by atoms with Crippen LogP contribution in [0.3, 0.4) is 0 Å². The highest BCUT2D eigenvalue weighted by Crippen LogP contribution is 2.17. The third-order valence-corrected chi connectivity index (χ3v) is 5.05. The molecule has 2 aromatic carbocycles. The van der Waals surface area contributed by atoms with Gasteiger partial charge in [0.2, 0.25) is 12.3 Å². The topological polar surface area (TPSA) is 112 Å². The predicted molar refractivity (Wildman–Crippen MR) is 133 cm³/mol. The number of benzene rings is 2. The van der Waals surface area contributed by atoms with Gasteiger partial charge in [-0.05, 0) is 37.0 Å². The average Bonchev–Trinajstić information content (AvgIpc) is 3.27. The fraction of sp³-hybridized carbons (Fsp3) is 0.346. The molecule has 3 aromatic rings. The molecule has 1 heterocycles. The molecule has 8 nitrogen and oxygen atoms in total. The van der Waals surface area contributed by atoms with Crippen molar-refractivity contribution >= 4 is 29.3 Å². The number of amides is 3. The smallest absolute Gasteiger partial charge is 0.408 e. The van der Waals surface area contributed by atoms with Crippen molar-refractivity contribution in [3.05, 3.63) is 71.9 Å². The summed E-state index contributed by atoms with van der Waals surface area (Å²) >= 11 is 0. The summed E-state index contributed by atoms with van der Waals surface area (Å²) in [5.41, 5.74) is 3.14. The number of hydrogen-bond donors (Lipinski definition) is 4. The van der Waals surface area contributed by atoms with Crippen molar-refractivity contribution in [1.82, 2.24) is 20.9 Å². The molecule has 34 heavy (non-hydrogen) atoms. The van der Waals surface area contributed by atoms with E-state index in [0.717, 1.165) is 35.0 Å². The Balaban J connectivity index is 0.000000739. The molecule has 0 radical (unpaired) electrons. The summed E-state index contributed by atoms with van der Waals surface area (Å²) in [7, 11) is 0. The Kier molecular flexibility index (Phi) is 11.7. The molecule has 0 bridgehead atoms. The molecule has 1 atom stereocenters. The number of hydrogen-bond acceptors (Lipinski definition) is 4. The second-order valence-electron chi connectivity index (χ2n) is 7.62. The van der Waals surface area contributed by atoms with E-state index in [-0.39, 0.29) is 12.5 Å². The van der Waals surface area contributed by atoms with E-state index < -0.39 is 12.1 Å². The zero-order valence-corrected chi connectivity index (χ0v) is 19.8. The summed E-state index contributed by atoms with van der Waals surface area (Å²) < 4.78 is 5.23. The summed E-state index contributed by atoms with van der Waals surface area (Å²) in [6.07, 6.45) is 4.12. The quantitative estimate of drug-likeness (QED) is 0.323. The van der Waals surface area contributed by atoms with Crippen LogP contribution in [0.1, 0.15) is 37.8 Å². The Bertz CT molecular complexity index is 1020. The van der Waals surface area contributed by atoms with Gasteiger partial charge in [-0.2, -0.15) is 0 Å². The Hall–Kier alpha value is -3.81. The Morgan fingerprint density at radius 3 is 2.47 bits per heavy atom. The van der Waals surface area contributed by atoms with Crippen molar-refractivity contribution in [2.24, 2.45) is 0 Å². The molecule has 0 aliphatic heterocycles. The lowest BCUT2D eigenvalue weighted by atomic mass is 10.1. The van der Waals surface area contributed by atoms with E-state index >= 15 is 0 Å². The molecule has 1 unspecified atom stereocenters. The molecular formula is C26H34N4O4. The molecule has 0 spiro atoms. The number of aromatic amines is 1. The van der Waals surface area contributed by atoms with E-state index in [1.54, 1.807) is 0 Å². The molecule has 182 valence electrons. The zero-order valence-electron chi connectivity index (χ0n) is 19.8. The minimum atomic E-state index is -0.605. The third kappa shape index (κ3) is 8.97. The van der Waals surface area contributed by atoms with Crippen LogP contribution >= 0.6 is 0 Å². The van der Waals surface area contributed by atoms with E-state index in [9.17, 15) is 14.4 Å². The monoisotopic (exact) mass is 466 g/mol. The molecule has 0 saturated heterocycles. The van der Waals surface area contributed by atoms with E-state index in [2.05, 4.69) is 27.0 Å². The number of H-pyrrole nitrogens is 1. The Morgan fingerprint density at radius 1 is 1.06 bits per heavy atom. The van der Waals surface area contributed by atoms with Gasteiger partial charge in [0.05, 0.1) is 0 Å². The molecule has 0 saturated carbocycles. The normalized spacial score (nSPS) is 11.0. The first-order valence-electron chi connectivity index (χ1n) is 11.6. The molecule has 8 heteroatoms. The summed E-state index contributed by atoms with van der Waals surface area (Å²) in [6.45, 7) is 5.25. The maximum Gasteiger partial charge on any atom is 0.408 e. The van der Waals surface area contributed by atoms with E-state index in [1.165, 1.54) is 0 Å². The van der Waals surface area contributed by atoms with Crippen molar-refractivity contribution in [3.63, 3.8) is 0 Å². The fourth-order valence-electron chi connectivity index (χ4n) is 3.33. The van der Waals surface area contributed by atoms with Gasteiger partial charge in [0.25, 0.3) is 0 Å². The summed E-state index contributed by atoms with van der Waals surface area (Å²) in [4.78, 5) is 37.2. The third-order valence-electron chi connectivity index (χ3n) is 5.05. The number of nitrogens with one attached hydrogen (secondary N) is 4. The number of alkyl carbamates (subject to hydrolysis) is 1. The zero-order chi connectivity index (χ0) is 24.6. The second kappa shape index (κ2) is 15.1. The van der Waals surface area contributed by atoms with Gasteiger partial charge >= 0.3 is 6.09 Å². The van der Waals surface area contributed by atoms with Gasteiger partial charge in [-0.25, -0.2) is 4.79 Å². The first kappa shape index (κ1) is 26.4. The van der Waals surface area contributed by atoms with Gasteiger partial charge in [-0.1, -0.05) is 61.9 Å². The summed E-state index contributed by atoms with van der Waals surface area (Å²) in [5.74, 6) is -0.191. The molecule has 1 aromatic heterocycles. The lowest BCUT2D eigenvalue weighted by Crippen LogP contribution is -2.47. The van der Waals surface area contributed by atoms with Crippen molar-refractivity contribution in [3.8, 4) is 0 Å². The van der Waals surface area contributed by atoms with Gasteiger partial charge in [0, 0.05) is 30.2 Å². The molecule has 0 fully saturated rings. The number of carbonyl (C=O) groups is 3. The van der Waals surface area contributed by atoms with E-state index in [4.69, 9.17) is 4.74 Å². The minimum Gasteiger partial charge on any atom is -0.445 e. The Labute approximate surface area is 200 Å². The van der Waals surface area contributed by atoms with Crippen LogP contribution in [0.2, 0.25) is 0 Å². The lowest BCUT2D eigenvalue weighted by molar-refractivity contribution is -0.123. The standard InChI is InChI=1S/C23H27N3O3.C3H7NO/c1-2-8-21(26-23(28)29-16-17-9-4-3-5-10-17)22(27)24-14-13-18-15-25-20-12-7-6-11-19(18)20;1-2-4-3-5/h3-7,9-12,15,21,25H,2,8,13-14,16H2,1H3,(H,24,27)(H,26,28);3H,2H2,1H3,(H,4,5). The molecule has 0 aliphatic rings. The van der Waals surface area contributed by atoms with Crippen molar-refractivity contribution in [2.75, 3.05) is 13.1 Å². The number of fused-ring (bicyclic) bond motifs is 1. The van der Waals surface area contributed by atoms with Crippen LogP contribution < -0.4 is 16.0 Å². The molecule has 3 rings (SSSR count). The molecule has 3 amide bonds. The lowest BCUT2D eigenvalue weighted by Gasteiger charge is -2.17. The van der Waals surface area contributed by atoms with Crippen molar-refractivity contribution in [1.29, 1.82) is 0 Å². The van der Waals surface area contributed by atoms with Crippen LogP contribution in [0.25, 0.3) is 10.9 Å². The average molecular weight is 467 g/mol. The SMILES string of the molecule is CCCC(NC(=O)OCc1ccccc1)C(=O)NCCc1c[nH]c2ccccc12.CCNC=O. The van der Waals surface area contributed by atoms with Gasteiger partial charge in [-0.15, -0.1) is 0 Å².